The van der Waals surface area contributed by atoms with Crippen LogP contribution >= 0.6 is 0 Å². The van der Waals surface area contributed by atoms with Crippen molar-refractivity contribution >= 4 is 30.1 Å². The summed E-state index contributed by atoms with van der Waals surface area (Å²) in [7, 11) is -0.561. The normalized spacial score (nSPS) is 17.7. The molecule has 1 unspecified atom stereocenters. The number of carbonyl (C=O) groups excluding carboxylic acids is 2. The Bertz CT molecular complexity index is 1020. The highest BCUT2D eigenvalue weighted by molar-refractivity contribution is 6.62. The Hall–Kier alpha value is -2.78. The number of benzene rings is 2. The quantitative estimate of drug-likeness (QED) is 0.560. The fourth-order valence-corrected chi connectivity index (χ4v) is 3.36. The van der Waals surface area contributed by atoms with Gasteiger partial charge in [-0.15, -0.1) is 0 Å². The lowest BCUT2D eigenvalue weighted by atomic mass is 9.76. The molecule has 0 aromatic heterocycles. The van der Waals surface area contributed by atoms with Crippen molar-refractivity contribution in [1.82, 2.24) is 0 Å². The van der Waals surface area contributed by atoms with Crippen molar-refractivity contribution in [3.63, 3.8) is 0 Å². The van der Waals surface area contributed by atoms with Crippen LogP contribution in [0.3, 0.4) is 0 Å². The van der Waals surface area contributed by atoms with Gasteiger partial charge in [0.25, 0.3) is 5.91 Å². The van der Waals surface area contributed by atoms with Crippen LogP contribution in [0.4, 0.5) is 14.5 Å². The van der Waals surface area contributed by atoms with Gasteiger partial charge in [0.15, 0.2) is 0 Å². The number of nitrogens with one attached hydrogen (secondary N) is 1. The van der Waals surface area contributed by atoms with Crippen LogP contribution in [0.5, 0.6) is 0 Å². The largest absolute Gasteiger partial charge is 0.495 e. The number of esters is 1. The molecule has 170 valence electrons. The zero-order valence-corrected chi connectivity index (χ0v) is 18.9. The molecule has 0 saturated carbocycles. The number of rotatable bonds is 5. The molecule has 0 spiro atoms. The van der Waals surface area contributed by atoms with E-state index in [-0.39, 0.29) is 5.56 Å². The van der Waals surface area contributed by atoms with Crippen LogP contribution in [0.2, 0.25) is 0 Å². The van der Waals surface area contributed by atoms with E-state index in [0.29, 0.717) is 11.8 Å². The van der Waals surface area contributed by atoms with Crippen LogP contribution in [-0.2, 0) is 23.6 Å². The Morgan fingerprint density at radius 2 is 1.56 bits per heavy atom. The van der Waals surface area contributed by atoms with Crippen LogP contribution in [0.25, 0.3) is 0 Å². The van der Waals surface area contributed by atoms with Crippen LogP contribution in [0, 0.1) is 18.6 Å². The number of halogens is 2. The van der Waals surface area contributed by atoms with E-state index in [0.717, 1.165) is 30.1 Å². The lowest BCUT2D eigenvalue weighted by molar-refractivity contribution is -0.152. The molecule has 1 N–H and O–H groups in total. The zero-order valence-electron chi connectivity index (χ0n) is 18.9. The maximum absolute atomic E-state index is 13.6. The van der Waals surface area contributed by atoms with Crippen molar-refractivity contribution in [2.24, 2.45) is 0 Å². The fourth-order valence-electron chi connectivity index (χ4n) is 3.36. The minimum absolute atomic E-state index is 0.110. The Morgan fingerprint density at radius 3 is 2.06 bits per heavy atom. The summed E-state index contributed by atoms with van der Waals surface area (Å²) in [5, 5.41) is 2.63. The molecule has 32 heavy (non-hydrogen) atoms. The molecule has 0 aliphatic carbocycles. The molecule has 1 fully saturated rings. The van der Waals surface area contributed by atoms with E-state index in [9.17, 15) is 18.4 Å². The molecule has 0 bridgehead atoms. The van der Waals surface area contributed by atoms with Gasteiger partial charge in [-0.2, -0.15) is 0 Å². The number of ether oxygens (including phenoxy) is 1. The van der Waals surface area contributed by atoms with Crippen molar-refractivity contribution in [1.29, 1.82) is 0 Å². The summed E-state index contributed by atoms with van der Waals surface area (Å²) in [5.74, 6) is -3.27. The summed E-state index contributed by atoms with van der Waals surface area (Å²) in [6.45, 7) is 10.8. The molecule has 1 amide bonds. The topological polar surface area (TPSA) is 73.9 Å². The van der Waals surface area contributed by atoms with E-state index in [1.54, 1.807) is 18.2 Å². The number of hydrogen-bond donors (Lipinski definition) is 1. The molecule has 1 heterocycles. The third-order valence-corrected chi connectivity index (χ3v) is 5.75. The second-order valence-corrected chi connectivity index (χ2v) is 8.84. The highest BCUT2D eigenvalue weighted by atomic mass is 19.1. The Balaban J connectivity index is 1.82. The lowest BCUT2D eigenvalue weighted by Crippen LogP contribution is -2.41. The van der Waals surface area contributed by atoms with E-state index < -0.39 is 47.9 Å². The molecule has 1 saturated heterocycles. The van der Waals surface area contributed by atoms with Crippen molar-refractivity contribution in [3.05, 3.63) is 59.2 Å². The number of carbonyl (C=O) groups is 2. The van der Waals surface area contributed by atoms with E-state index in [4.69, 9.17) is 14.0 Å². The van der Waals surface area contributed by atoms with E-state index >= 15 is 0 Å². The summed E-state index contributed by atoms with van der Waals surface area (Å²) in [5.41, 5.74) is 0.943. The van der Waals surface area contributed by atoms with Crippen molar-refractivity contribution in [2.75, 3.05) is 5.32 Å². The molecular formula is C23H26BF2NO5. The predicted molar refractivity (Wildman–Crippen MR) is 116 cm³/mol. The summed E-state index contributed by atoms with van der Waals surface area (Å²) < 4.78 is 44.5. The number of anilines is 1. The standard InChI is InChI=1S/C23H26BF2NO5/c1-13-9-18(7-8-19(13)24-31-22(3,4)23(5,6)32-24)27-21(29)20(30-14(2)28)15-10-16(25)12-17(26)11-15/h7-12,20H,1-6H3,(H,27,29). The third-order valence-electron chi connectivity index (χ3n) is 5.75. The molecule has 1 atom stereocenters. The van der Waals surface area contributed by atoms with Gasteiger partial charge in [-0.25, -0.2) is 8.78 Å². The number of amides is 1. The SMILES string of the molecule is CC(=O)OC(C(=O)Nc1ccc(B2OC(C)(C)C(C)(C)O2)c(C)c1)c1cc(F)cc(F)c1. The van der Waals surface area contributed by atoms with Gasteiger partial charge in [-0.05, 0) is 69.9 Å². The predicted octanol–water partition coefficient (Wildman–Crippen LogP) is 3.82. The van der Waals surface area contributed by atoms with Crippen molar-refractivity contribution in [3.8, 4) is 0 Å². The molecule has 6 nitrogen and oxygen atoms in total. The fraction of sp³-hybridized carbons (Fsp3) is 0.391. The van der Waals surface area contributed by atoms with Gasteiger partial charge in [0.1, 0.15) is 11.6 Å². The highest BCUT2D eigenvalue weighted by Gasteiger charge is 2.52. The number of hydrogen-bond acceptors (Lipinski definition) is 5. The molecule has 9 heteroatoms. The summed E-state index contributed by atoms with van der Waals surface area (Å²) in [4.78, 5) is 24.3. The van der Waals surface area contributed by atoms with E-state index in [1.165, 1.54) is 0 Å². The van der Waals surface area contributed by atoms with Gasteiger partial charge in [-0.3, -0.25) is 9.59 Å². The molecule has 0 radical (unpaired) electrons. The van der Waals surface area contributed by atoms with Crippen LogP contribution in [-0.4, -0.2) is 30.2 Å². The molecule has 2 aromatic rings. The number of aryl methyl sites for hydroxylation is 1. The van der Waals surface area contributed by atoms with Gasteiger partial charge in [0.2, 0.25) is 6.10 Å². The average Bonchev–Trinajstić information content (AvgIpc) is 2.85. The van der Waals surface area contributed by atoms with Crippen molar-refractivity contribution in [2.45, 2.75) is 58.8 Å². The van der Waals surface area contributed by atoms with Crippen LogP contribution in [0.1, 0.15) is 51.8 Å². The Morgan fingerprint density at radius 1 is 1.00 bits per heavy atom. The summed E-state index contributed by atoms with van der Waals surface area (Å²) >= 11 is 0. The molecular weight excluding hydrogens is 419 g/mol. The first-order chi connectivity index (χ1) is 14.8. The zero-order chi connectivity index (χ0) is 23.8. The minimum atomic E-state index is -1.51. The summed E-state index contributed by atoms with van der Waals surface area (Å²) in [6, 6.07) is 7.71. The average molecular weight is 445 g/mol. The Labute approximate surface area is 186 Å². The Kier molecular flexibility index (Phi) is 6.44. The van der Waals surface area contributed by atoms with E-state index in [2.05, 4.69) is 5.32 Å². The molecule has 3 rings (SSSR count). The van der Waals surface area contributed by atoms with Crippen molar-refractivity contribution < 1.29 is 32.4 Å². The van der Waals surface area contributed by atoms with Gasteiger partial charge < -0.3 is 19.4 Å². The van der Waals surface area contributed by atoms with Crippen LogP contribution < -0.4 is 10.8 Å². The minimum Gasteiger partial charge on any atom is -0.447 e. The maximum Gasteiger partial charge on any atom is 0.495 e. The first-order valence-electron chi connectivity index (χ1n) is 10.2. The van der Waals surface area contributed by atoms with Gasteiger partial charge >= 0.3 is 13.1 Å². The molecule has 1 aliphatic heterocycles. The second-order valence-electron chi connectivity index (χ2n) is 8.84. The highest BCUT2D eigenvalue weighted by Crippen LogP contribution is 2.36. The van der Waals surface area contributed by atoms with E-state index in [1.807, 2.05) is 34.6 Å². The first-order valence-corrected chi connectivity index (χ1v) is 10.2. The maximum atomic E-state index is 13.6. The van der Waals surface area contributed by atoms with Gasteiger partial charge in [-0.1, -0.05) is 6.07 Å². The lowest BCUT2D eigenvalue weighted by Gasteiger charge is -2.32. The third kappa shape index (κ3) is 5.00. The first kappa shape index (κ1) is 23.9. The summed E-state index contributed by atoms with van der Waals surface area (Å²) in [6.07, 6.45) is -1.51. The molecule has 1 aliphatic rings. The monoisotopic (exact) mass is 445 g/mol. The van der Waals surface area contributed by atoms with Gasteiger partial charge in [0, 0.05) is 24.2 Å². The smallest absolute Gasteiger partial charge is 0.447 e. The van der Waals surface area contributed by atoms with Crippen LogP contribution in [0.15, 0.2) is 36.4 Å². The van der Waals surface area contributed by atoms with Gasteiger partial charge in [0.05, 0.1) is 11.2 Å². The molecule has 2 aromatic carbocycles. The second kappa shape index (κ2) is 8.63.